The zero-order chi connectivity index (χ0) is 17.6. The molecule has 134 valence electrons. The molecule has 3 rings (SSSR count). The van der Waals surface area contributed by atoms with Crippen molar-refractivity contribution in [2.45, 2.75) is 25.8 Å². The van der Waals surface area contributed by atoms with Gasteiger partial charge in [0.1, 0.15) is 0 Å². The average Bonchev–Trinajstić information content (AvgIpc) is 2.66. The van der Waals surface area contributed by atoms with Crippen molar-refractivity contribution in [3.63, 3.8) is 0 Å². The van der Waals surface area contributed by atoms with Crippen LogP contribution in [0.5, 0.6) is 11.5 Å². The molecular formula is C20H25ClN2O2. The van der Waals surface area contributed by atoms with Gasteiger partial charge in [0.2, 0.25) is 0 Å². The van der Waals surface area contributed by atoms with Crippen molar-refractivity contribution in [2.24, 2.45) is 0 Å². The number of halogens is 1. The van der Waals surface area contributed by atoms with Crippen LogP contribution in [0, 0.1) is 0 Å². The number of hydrogen-bond acceptors (Lipinski definition) is 4. The highest BCUT2D eigenvalue weighted by atomic mass is 35.5. The highest BCUT2D eigenvalue weighted by Crippen LogP contribution is 2.33. The Balaban J connectivity index is 1.71. The smallest absolute Gasteiger partial charge is 0.165 e. The Bertz CT molecular complexity index is 715. The molecule has 0 bridgehead atoms. The van der Waals surface area contributed by atoms with Gasteiger partial charge in [-0.2, -0.15) is 0 Å². The average molecular weight is 361 g/mol. The van der Waals surface area contributed by atoms with Crippen LogP contribution >= 0.6 is 11.6 Å². The number of anilines is 2. The van der Waals surface area contributed by atoms with Gasteiger partial charge in [-0.25, -0.2) is 0 Å². The molecule has 5 heteroatoms. The lowest BCUT2D eigenvalue weighted by atomic mass is 10.1. The number of nitrogens with zero attached hydrogens (tertiary/aromatic N) is 1. The summed E-state index contributed by atoms with van der Waals surface area (Å²) in [5.41, 5.74) is 3.17. The molecule has 0 radical (unpaired) electrons. The maximum absolute atomic E-state index is 6.52. The standard InChI is InChI=1S/C20H25ClN2O2/c1-24-19-8-6-7-15(20(19)25-2)14-22-16-9-10-18(17(21)13-16)23-11-4-3-5-12-23/h6-10,13,22H,3-5,11-12,14H2,1-2H3. The van der Waals surface area contributed by atoms with Crippen LogP contribution in [0.25, 0.3) is 0 Å². The van der Waals surface area contributed by atoms with E-state index >= 15 is 0 Å². The van der Waals surface area contributed by atoms with Crippen molar-refractivity contribution in [1.29, 1.82) is 0 Å². The summed E-state index contributed by atoms with van der Waals surface area (Å²) < 4.78 is 10.8. The number of methoxy groups -OCH3 is 2. The first kappa shape index (κ1) is 17.7. The quantitative estimate of drug-likeness (QED) is 0.789. The molecule has 1 aliphatic rings. The minimum absolute atomic E-state index is 0.639. The van der Waals surface area contributed by atoms with Crippen LogP contribution in [0.4, 0.5) is 11.4 Å². The fourth-order valence-electron chi connectivity index (χ4n) is 3.30. The fourth-order valence-corrected chi connectivity index (χ4v) is 3.60. The minimum Gasteiger partial charge on any atom is -0.493 e. The van der Waals surface area contributed by atoms with Gasteiger partial charge in [0.25, 0.3) is 0 Å². The van der Waals surface area contributed by atoms with E-state index in [0.29, 0.717) is 6.54 Å². The van der Waals surface area contributed by atoms with E-state index in [1.54, 1.807) is 14.2 Å². The Hall–Kier alpha value is -2.07. The van der Waals surface area contributed by atoms with E-state index in [-0.39, 0.29) is 0 Å². The molecule has 25 heavy (non-hydrogen) atoms. The van der Waals surface area contributed by atoms with Gasteiger partial charge in [-0.15, -0.1) is 0 Å². The molecule has 1 aliphatic heterocycles. The van der Waals surface area contributed by atoms with Gasteiger partial charge in [-0.1, -0.05) is 23.7 Å². The summed E-state index contributed by atoms with van der Waals surface area (Å²) in [6, 6.07) is 12.1. The lowest BCUT2D eigenvalue weighted by Gasteiger charge is -2.29. The van der Waals surface area contributed by atoms with Crippen molar-refractivity contribution in [3.8, 4) is 11.5 Å². The van der Waals surface area contributed by atoms with Crippen LogP contribution in [0.3, 0.4) is 0 Å². The van der Waals surface area contributed by atoms with Crippen molar-refractivity contribution >= 4 is 23.0 Å². The number of ether oxygens (including phenoxy) is 2. The van der Waals surface area contributed by atoms with E-state index in [0.717, 1.165) is 46.5 Å². The predicted octanol–water partition coefficient (Wildman–Crippen LogP) is 4.96. The first-order valence-electron chi connectivity index (χ1n) is 8.71. The van der Waals surface area contributed by atoms with Gasteiger partial charge in [0, 0.05) is 30.9 Å². The van der Waals surface area contributed by atoms with Crippen LogP contribution in [-0.2, 0) is 6.54 Å². The number of hydrogen-bond donors (Lipinski definition) is 1. The lowest BCUT2D eigenvalue weighted by molar-refractivity contribution is 0.352. The SMILES string of the molecule is COc1cccc(CNc2ccc(N3CCCCC3)c(Cl)c2)c1OC. The molecule has 0 saturated carbocycles. The first-order valence-corrected chi connectivity index (χ1v) is 9.09. The molecule has 1 fully saturated rings. The number of rotatable bonds is 6. The monoisotopic (exact) mass is 360 g/mol. The molecule has 0 atom stereocenters. The number of nitrogens with one attached hydrogen (secondary N) is 1. The Morgan fingerprint density at radius 2 is 1.84 bits per heavy atom. The van der Waals surface area contributed by atoms with Crippen LogP contribution < -0.4 is 19.7 Å². The van der Waals surface area contributed by atoms with E-state index in [1.165, 1.54) is 19.3 Å². The summed E-state index contributed by atoms with van der Waals surface area (Å²) in [5, 5.41) is 4.22. The Morgan fingerprint density at radius 3 is 2.52 bits per heavy atom. The molecule has 1 saturated heterocycles. The second-order valence-electron chi connectivity index (χ2n) is 6.22. The molecule has 1 N–H and O–H groups in total. The largest absolute Gasteiger partial charge is 0.493 e. The van der Waals surface area contributed by atoms with E-state index in [1.807, 2.05) is 24.3 Å². The third-order valence-corrected chi connectivity index (χ3v) is 4.91. The van der Waals surface area contributed by atoms with Gasteiger partial charge in [0.05, 0.1) is 24.9 Å². The molecule has 1 heterocycles. The summed E-state index contributed by atoms with van der Waals surface area (Å²) in [5.74, 6) is 1.49. The van der Waals surface area contributed by atoms with Gasteiger partial charge in [-0.3, -0.25) is 0 Å². The number of benzene rings is 2. The number of piperidine rings is 1. The van der Waals surface area contributed by atoms with Gasteiger partial charge in [-0.05, 0) is 43.5 Å². The lowest BCUT2D eigenvalue weighted by Crippen LogP contribution is -2.29. The predicted molar refractivity (Wildman–Crippen MR) is 104 cm³/mol. The second-order valence-corrected chi connectivity index (χ2v) is 6.63. The first-order chi connectivity index (χ1) is 12.2. The second kappa shape index (κ2) is 8.34. The van der Waals surface area contributed by atoms with Crippen LogP contribution in [0.2, 0.25) is 5.02 Å². The zero-order valence-electron chi connectivity index (χ0n) is 14.8. The third-order valence-electron chi connectivity index (χ3n) is 4.61. The van der Waals surface area contributed by atoms with Crippen molar-refractivity contribution in [2.75, 3.05) is 37.5 Å². The molecule has 0 aliphatic carbocycles. The van der Waals surface area contributed by atoms with Crippen LogP contribution in [-0.4, -0.2) is 27.3 Å². The Morgan fingerprint density at radius 1 is 1.04 bits per heavy atom. The third kappa shape index (κ3) is 4.13. The topological polar surface area (TPSA) is 33.7 Å². The van der Waals surface area contributed by atoms with Gasteiger partial charge >= 0.3 is 0 Å². The zero-order valence-corrected chi connectivity index (χ0v) is 15.6. The molecule has 0 amide bonds. The van der Waals surface area contributed by atoms with E-state index in [4.69, 9.17) is 21.1 Å². The maximum Gasteiger partial charge on any atom is 0.165 e. The van der Waals surface area contributed by atoms with Crippen molar-refractivity contribution < 1.29 is 9.47 Å². The normalized spacial score (nSPS) is 14.3. The molecule has 0 spiro atoms. The maximum atomic E-state index is 6.52. The van der Waals surface area contributed by atoms with Crippen LogP contribution in [0.1, 0.15) is 24.8 Å². The van der Waals surface area contributed by atoms with Crippen molar-refractivity contribution in [1.82, 2.24) is 0 Å². The van der Waals surface area contributed by atoms with Crippen LogP contribution in [0.15, 0.2) is 36.4 Å². The Labute approximate surface area is 154 Å². The summed E-state index contributed by atoms with van der Waals surface area (Å²) in [6.07, 6.45) is 3.80. The van der Waals surface area contributed by atoms with Gasteiger partial charge in [0.15, 0.2) is 11.5 Å². The molecule has 0 aromatic heterocycles. The molecule has 2 aromatic rings. The van der Waals surface area contributed by atoms with E-state index < -0.39 is 0 Å². The molecule has 0 unspecified atom stereocenters. The summed E-state index contributed by atoms with van der Waals surface area (Å²) in [7, 11) is 3.31. The Kier molecular flexibility index (Phi) is 5.92. The highest BCUT2D eigenvalue weighted by molar-refractivity contribution is 6.33. The molecular weight excluding hydrogens is 336 g/mol. The number of para-hydroxylation sites is 1. The van der Waals surface area contributed by atoms with Gasteiger partial charge < -0.3 is 19.7 Å². The van der Waals surface area contributed by atoms with E-state index in [2.05, 4.69) is 22.3 Å². The van der Waals surface area contributed by atoms with E-state index in [9.17, 15) is 0 Å². The summed E-state index contributed by atoms with van der Waals surface area (Å²) in [4.78, 5) is 2.38. The highest BCUT2D eigenvalue weighted by Gasteiger charge is 2.14. The fraction of sp³-hybridized carbons (Fsp3) is 0.400. The molecule has 2 aromatic carbocycles. The summed E-state index contributed by atoms with van der Waals surface area (Å²) >= 11 is 6.52. The summed E-state index contributed by atoms with van der Waals surface area (Å²) in [6.45, 7) is 2.82. The minimum atomic E-state index is 0.639. The van der Waals surface area contributed by atoms with Crippen molar-refractivity contribution in [3.05, 3.63) is 47.0 Å². The molecule has 4 nitrogen and oxygen atoms in total.